The number of furan rings is 1. The summed E-state index contributed by atoms with van der Waals surface area (Å²) in [5.41, 5.74) is 0.877. The van der Waals surface area contributed by atoms with Gasteiger partial charge in [-0.05, 0) is 35.9 Å². The third-order valence-electron chi connectivity index (χ3n) is 2.36. The molecule has 3 nitrogen and oxygen atoms in total. The van der Waals surface area contributed by atoms with Crippen LogP contribution in [0.3, 0.4) is 0 Å². The number of ketones is 1. The predicted molar refractivity (Wildman–Crippen MR) is 69.4 cm³/mol. The second-order valence-corrected chi connectivity index (χ2v) is 4.11. The Kier molecular flexibility index (Phi) is 3.97. The standard InChI is InChI=1S/C14H11ClO3/c15-11-4-1-10(2-5-11)3-7-13(17)14-8-6-12(9-16)18-14/h1-8,16H,9H2/b7-3+. The van der Waals surface area contributed by atoms with Crippen molar-refractivity contribution in [1.29, 1.82) is 0 Å². The fraction of sp³-hybridized carbons (Fsp3) is 0.0714. The van der Waals surface area contributed by atoms with E-state index in [0.29, 0.717) is 10.8 Å². The van der Waals surface area contributed by atoms with E-state index in [2.05, 4.69) is 0 Å². The molecule has 0 atom stereocenters. The fourth-order valence-electron chi connectivity index (χ4n) is 1.42. The van der Waals surface area contributed by atoms with Gasteiger partial charge in [0, 0.05) is 5.02 Å². The average molecular weight is 263 g/mol. The van der Waals surface area contributed by atoms with E-state index >= 15 is 0 Å². The molecule has 18 heavy (non-hydrogen) atoms. The third-order valence-corrected chi connectivity index (χ3v) is 2.61. The molecular weight excluding hydrogens is 252 g/mol. The van der Waals surface area contributed by atoms with Crippen molar-refractivity contribution < 1.29 is 14.3 Å². The van der Waals surface area contributed by atoms with Crippen LogP contribution in [0.5, 0.6) is 0 Å². The largest absolute Gasteiger partial charge is 0.455 e. The summed E-state index contributed by atoms with van der Waals surface area (Å²) in [6, 6.07) is 10.2. The van der Waals surface area contributed by atoms with Crippen LogP contribution < -0.4 is 0 Å². The Labute approximate surface area is 109 Å². The highest BCUT2D eigenvalue weighted by molar-refractivity contribution is 6.30. The number of carbonyl (C=O) groups excluding carboxylic acids is 1. The predicted octanol–water partition coefficient (Wildman–Crippen LogP) is 3.32. The lowest BCUT2D eigenvalue weighted by atomic mass is 10.2. The van der Waals surface area contributed by atoms with E-state index in [1.165, 1.54) is 6.08 Å². The molecular formula is C14H11ClO3. The quantitative estimate of drug-likeness (QED) is 0.679. The molecule has 1 heterocycles. The number of carbonyl (C=O) groups is 1. The number of hydrogen-bond acceptors (Lipinski definition) is 3. The molecule has 0 saturated carbocycles. The summed E-state index contributed by atoms with van der Waals surface area (Å²) in [7, 11) is 0. The van der Waals surface area contributed by atoms with Gasteiger partial charge in [0.1, 0.15) is 12.4 Å². The molecule has 0 amide bonds. The molecule has 0 aliphatic rings. The van der Waals surface area contributed by atoms with Gasteiger partial charge in [-0.1, -0.05) is 29.8 Å². The molecule has 2 rings (SSSR count). The Morgan fingerprint density at radius 2 is 1.94 bits per heavy atom. The van der Waals surface area contributed by atoms with Gasteiger partial charge in [-0.3, -0.25) is 4.79 Å². The Morgan fingerprint density at radius 3 is 2.56 bits per heavy atom. The molecule has 1 N–H and O–H groups in total. The summed E-state index contributed by atoms with van der Waals surface area (Å²) in [4.78, 5) is 11.7. The summed E-state index contributed by atoms with van der Waals surface area (Å²) in [5, 5.41) is 9.48. The maximum atomic E-state index is 11.7. The Balaban J connectivity index is 2.09. The summed E-state index contributed by atoms with van der Waals surface area (Å²) < 4.78 is 5.13. The van der Waals surface area contributed by atoms with E-state index in [-0.39, 0.29) is 18.2 Å². The molecule has 0 bridgehead atoms. The first-order valence-corrected chi connectivity index (χ1v) is 5.74. The molecule has 1 aromatic carbocycles. The second kappa shape index (κ2) is 5.67. The van der Waals surface area contributed by atoms with Crippen molar-refractivity contribution in [3.63, 3.8) is 0 Å². The van der Waals surface area contributed by atoms with Crippen molar-refractivity contribution in [3.05, 3.63) is 64.6 Å². The lowest BCUT2D eigenvalue weighted by Gasteiger charge is -1.93. The molecule has 1 aromatic heterocycles. The Morgan fingerprint density at radius 1 is 1.22 bits per heavy atom. The minimum absolute atomic E-state index is 0.212. The van der Waals surface area contributed by atoms with Crippen LogP contribution in [0, 0.1) is 0 Å². The highest BCUT2D eigenvalue weighted by Gasteiger charge is 2.07. The number of benzene rings is 1. The minimum Gasteiger partial charge on any atom is -0.455 e. The number of allylic oxidation sites excluding steroid dienone is 1. The normalized spacial score (nSPS) is 11.0. The number of aliphatic hydroxyl groups excluding tert-OH is 1. The molecule has 0 aliphatic heterocycles. The molecule has 0 fully saturated rings. The van der Waals surface area contributed by atoms with Crippen LogP contribution in [0.4, 0.5) is 0 Å². The molecule has 0 unspecified atom stereocenters. The fourth-order valence-corrected chi connectivity index (χ4v) is 1.55. The topological polar surface area (TPSA) is 50.4 Å². The van der Waals surface area contributed by atoms with Gasteiger partial charge in [-0.25, -0.2) is 0 Å². The van der Waals surface area contributed by atoms with E-state index in [9.17, 15) is 4.79 Å². The zero-order valence-electron chi connectivity index (χ0n) is 9.47. The monoisotopic (exact) mass is 262 g/mol. The maximum absolute atomic E-state index is 11.7. The van der Waals surface area contributed by atoms with Crippen LogP contribution in [-0.4, -0.2) is 10.9 Å². The highest BCUT2D eigenvalue weighted by Crippen LogP contribution is 2.12. The van der Waals surface area contributed by atoms with Gasteiger partial charge in [0.05, 0.1) is 0 Å². The SMILES string of the molecule is O=C(/C=C/c1ccc(Cl)cc1)c1ccc(CO)o1. The van der Waals surface area contributed by atoms with Gasteiger partial charge >= 0.3 is 0 Å². The van der Waals surface area contributed by atoms with Crippen LogP contribution in [0.1, 0.15) is 21.9 Å². The summed E-state index contributed by atoms with van der Waals surface area (Å²) in [6.07, 6.45) is 3.10. The average Bonchev–Trinajstić information content (AvgIpc) is 2.86. The van der Waals surface area contributed by atoms with Crippen molar-refractivity contribution in [3.8, 4) is 0 Å². The molecule has 2 aromatic rings. The molecule has 0 spiro atoms. The van der Waals surface area contributed by atoms with Gasteiger partial charge in [0.2, 0.25) is 5.78 Å². The Bertz CT molecular complexity index is 567. The van der Waals surface area contributed by atoms with Crippen molar-refractivity contribution in [2.75, 3.05) is 0 Å². The van der Waals surface area contributed by atoms with E-state index in [0.717, 1.165) is 5.56 Å². The van der Waals surface area contributed by atoms with Crippen LogP contribution >= 0.6 is 11.6 Å². The minimum atomic E-state index is -0.246. The van der Waals surface area contributed by atoms with Crippen molar-refractivity contribution >= 4 is 23.5 Å². The first kappa shape index (κ1) is 12.6. The lowest BCUT2D eigenvalue weighted by molar-refractivity contribution is 0.101. The van der Waals surface area contributed by atoms with E-state index < -0.39 is 0 Å². The van der Waals surface area contributed by atoms with E-state index in [1.807, 2.05) is 12.1 Å². The lowest BCUT2D eigenvalue weighted by Crippen LogP contribution is -1.90. The number of halogens is 1. The third kappa shape index (κ3) is 3.09. The van der Waals surface area contributed by atoms with Crippen molar-refractivity contribution in [2.45, 2.75) is 6.61 Å². The highest BCUT2D eigenvalue weighted by atomic mass is 35.5. The van der Waals surface area contributed by atoms with Crippen LogP contribution in [0.15, 0.2) is 46.9 Å². The molecule has 0 saturated heterocycles. The van der Waals surface area contributed by atoms with Crippen molar-refractivity contribution in [2.24, 2.45) is 0 Å². The number of hydrogen-bond donors (Lipinski definition) is 1. The first-order chi connectivity index (χ1) is 8.69. The molecule has 92 valence electrons. The van der Waals surface area contributed by atoms with Crippen LogP contribution in [-0.2, 0) is 6.61 Å². The maximum Gasteiger partial charge on any atom is 0.221 e. The van der Waals surface area contributed by atoms with Gasteiger partial charge in [-0.15, -0.1) is 0 Å². The van der Waals surface area contributed by atoms with Gasteiger partial charge in [-0.2, -0.15) is 0 Å². The Hall–Kier alpha value is -1.84. The summed E-state index contributed by atoms with van der Waals surface area (Å²) in [5.74, 6) is 0.340. The number of rotatable bonds is 4. The van der Waals surface area contributed by atoms with Crippen LogP contribution in [0.25, 0.3) is 6.08 Å². The van der Waals surface area contributed by atoms with E-state index in [1.54, 1.807) is 30.3 Å². The zero-order chi connectivity index (χ0) is 13.0. The van der Waals surface area contributed by atoms with Gasteiger partial charge in [0.25, 0.3) is 0 Å². The first-order valence-electron chi connectivity index (χ1n) is 5.36. The smallest absolute Gasteiger partial charge is 0.221 e. The summed E-state index contributed by atoms with van der Waals surface area (Å²) in [6.45, 7) is -0.214. The van der Waals surface area contributed by atoms with Crippen molar-refractivity contribution in [1.82, 2.24) is 0 Å². The van der Waals surface area contributed by atoms with Gasteiger partial charge in [0.15, 0.2) is 5.76 Å². The number of aliphatic hydroxyl groups is 1. The van der Waals surface area contributed by atoms with Gasteiger partial charge < -0.3 is 9.52 Å². The molecule has 0 aliphatic carbocycles. The molecule has 0 radical (unpaired) electrons. The summed E-state index contributed by atoms with van der Waals surface area (Å²) >= 11 is 5.76. The molecule has 4 heteroatoms. The van der Waals surface area contributed by atoms with Crippen LogP contribution in [0.2, 0.25) is 5.02 Å². The second-order valence-electron chi connectivity index (χ2n) is 3.67. The zero-order valence-corrected chi connectivity index (χ0v) is 10.2. The van der Waals surface area contributed by atoms with E-state index in [4.69, 9.17) is 21.1 Å².